The van der Waals surface area contributed by atoms with E-state index in [0.29, 0.717) is 5.56 Å². The van der Waals surface area contributed by atoms with Gasteiger partial charge in [0, 0.05) is 31.1 Å². The van der Waals surface area contributed by atoms with E-state index in [0.717, 1.165) is 59.0 Å². The highest BCUT2D eigenvalue weighted by Gasteiger charge is 2.34. The summed E-state index contributed by atoms with van der Waals surface area (Å²) in [6.07, 6.45) is 4.95. The van der Waals surface area contributed by atoms with Crippen LogP contribution in [-0.2, 0) is 32.6 Å². The summed E-state index contributed by atoms with van der Waals surface area (Å²) in [5.74, 6) is -0.895. The van der Waals surface area contributed by atoms with Crippen LogP contribution in [0.15, 0.2) is 72.8 Å². The summed E-state index contributed by atoms with van der Waals surface area (Å²) in [4.78, 5) is 40.5. The summed E-state index contributed by atoms with van der Waals surface area (Å²) < 4.78 is 27.0. The molecule has 0 saturated heterocycles. The van der Waals surface area contributed by atoms with Crippen molar-refractivity contribution in [1.82, 2.24) is 10.2 Å². The molecule has 1 atom stereocenters. The maximum atomic E-state index is 14.3. The normalized spacial score (nSPS) is 14.2. The van der Waals surface area contributed by atoms with E-state index < -0.39 is 33.4 Å². The van der Waals surface area contributed by atoms with Crippen molar-refractivity contribution in [2.45, 2.75) is 64.6 Å². The molecule has 0 aliphatic heterocycles. The number of aryl methyl sites for hydroxylation is 2. The second kappa shape index (κ2) is 13.8. The Hall–Kier alpha value is -4.25. The van der Waals surface area contributed by atoms with E-state index >= 15 is 0 Å². The van der Waals surface area contributed by atoms with Gasteiger partial charge >= 0.3 is 0 Å². The van der Waals surface area contributed by atoms with E-state index in [9.17, 15) is 28.1 Å². The number of nitro groups is 1. The predicted octanol–water partition coefficient (Wildman–Crippen LogP) is 4.68. The van der Waals surface area contributed by atoms with Crippen molar-refractivity contribution < 1.29 is 22.9 Å². The van der Waals surface area contributed by atoms with Crippen LogP contribution in [0.3, 0.4) is 0 Å². The first-order valence-electron chi connectivity index (χ1n) is 14.3. The molecule has 1 saturated carbocycles. The van der Waals surface area contributed by atoms with E-state index in [1.54, 1.807) is 6.92 Å². The fourth-order valence-electron chi connectivity index (χ4n) is 5.39. The van der Waals surface area contributed by atoms with Gasteiger partial charge < -0.3 is 10.2 Å². The molecule has 3 aromatic carbocycles. The fraction of sp³-hybridized carbons (Fsp3) is 0.375. The number of hydrogen-bond acceptors (Lipinski definition) is 6. The lowest BCUT2D eigenvalue weighted by atomic mass is 10.0. The molecule has 43 heavy (non-hydrogen) atoms. The van der Waals surface area contributed by atoms with Crippen LogP contribution in [0.25, 0.3) is 0 Å². The van der Waals surface area contributed by atoms with E-state index in [1.165, 1.54) is 17.0 Å². The predicted molar refractivity (Wildman–Crippen MR) is 166 cm³/mol. The third-order valence-electron chi connectivity index (χ3n) is 7.80. The van der Waals surface area contributed by atoms with Gasteiger partial charge in [-0.3, -0.25) is 24.0 Å². The van der Waals surface area contributed by atoms with Crippen LogP contribution in [0.2, 0.25) is 0 Å². The van der Waals surface area contributed by atoms with Gasteiger partial charge in [-0.15, -0.1) is 0 Å². The standard InChI is InChI=1S/C32H38N4O6S/c1-23-13-16-26(17-14-23)21-34(30(19-25-9-5-4-6-10-25)32(38)33-27-11-7-8-12-27)31(37)22-35(43(3,41)42)29-20-28(36(39)40)18-15-24(29)2/h4-6,9-10,13-18,20,27,30H,7-8,11-12,19,21-22H2,1-3H3,(H,33,38)/t30-/m0/s1. The van der Waals surface area contributed by atoms with Crippen molar-refractivity contribution in [3.05, 3.63) is 105 Å². The molecular weight excluding hydrogens is 568 g/mol. The quantitative estimate of drug-likeness (QED) is 0.236. The average molecular weight is 607 g/mol. The number of nitro benzene ring substituents is 1. The third-order valence-corrected chi connectivity index (χ3v) is 8.92. The fourth-order valence-corrected chi connectivity index (χ4v) is 6.29. The smallest absolute Gasteiger partial charge is 0.271 e. The minimum atomic E-state index is -4.05. The number of anilines is 1. The molecule has 1 aliphatic rings. The molecule has 0 bridgehead atoms. The van der Waals surface area contributed by atoms with Crippen LogP contribution in [-0.4, -0.2) is 54.9 Å². The summed E-state index contributed by atoms with van der Waals surface area (Å²) >= 11 is 0. The highest BCUT2D eigenvalue weighted by atomic mass is 32.2. The van der Waals surface area contributed by atoms with Crippen LogP contribution in [0.5, 0.6) is 0 Å². The average Bonchev–Trinajstić information content (AvgIpc) is 3.48. The molecule has 0 radical (unpaired) electrons. The van der Waals surface area contributed by atoms with Gasteiger partial charge in [0.25, 0.3) is 5.69 Å². The van der Waals surface area contributed by atoms with E-state index in [1.807, 2.05) is 61.5 Å². The SMILES string of the molecule is Cc1ccc(CN(C(=O)CN(c2cc([N+](=O)[O-])ccc2C)S(C)(=O)=O)[C@@H](Cc2ccccc2)C(=O)NC2CCCC2)cc1. The number of carbonyl (C=O) groups is 2. The number of sulfonamides is 1. The molecule has 1 N–H and O–H groups in total. The van der Waals surface area contributed by atoms with E-state index in [4.69, 9.17) is 0 Å². The largest absolute Gasteiger partial charge is 0.352 e. The van der Waals surface area contributed by atoms with Gasteiger partial charge in [-0.1, -0.05) is 79.1 Å². The highest BCUT2D eigenvalue weighted by molar-refractivity contribution is 7.92. The summed E-state index contributed by atoms with van der Waals surface area (Å²) in [5.41, 5.74) is 2.86. The molecule has 1 fully saturated rings. The molecule has 11 heteroatoms. The van der Waals surface area contributed by atoms with Crippen molar-refractivity contribution in [2.24, 2.45) is 0 Å². The first kappa shape index (κ1) is 31.7. The maximum absolute atomic E-state index is 14.3. The summed E-state index contributed by atoms with van der Waals surface area (Å²) in [6.45, 7) is 3.01. The topological polar surface area (TPSA) is 130 Å². The molecule has 3 aromatic rings. The zero-order valence-corrected chi connectivity index (χ0v) is 25.5. The molecule has 2 amide bonds. The lowest BCUT2D eigenvalue weighted by Crippen LogP contribution is -2.54. The van der Waals surface area contributed by atoms with Crippen LogP contribution >= 0.6 is 0 Å². The minimum absolute atomic E-state index is 0.0159. The molecule has 4 rings (SSSR count). The highest BCUT2D eigenvalue weighted by Crippen LogP contribution is 2.28. The van der Waals surface area contributed by atoms with E-state index in [2.05, 4.69) is 5.32 Å². The monoisotopic (exact) mass is 606 g/mol. The second-order valence-electron chi connectivity index (χ2n) is 11.2. The molecule has 228 valence electrons. The Labute approximate surface area is 252 Å². The number of nitrogens with one attached hydrogen (secondary N) is 1. The Morgan fingerprint density at radius 3 is 2.23 bits per heavy atom. The van der Waals surface area contributed by atoms with Gasteiger partial charge in [0.15, 0.2) is 0 Å². The summed E-state index contributed by atoms with van der Waals surface area (Å²) in [7, 11) is -4.05. The third kappa shape index (κ3) is 8.41. The molecule has 0 spiro atoms. The van der Waals surface area contributed by atoms with Crippen molar-refractivity contribution in [3.63, 3.8) is 0 Å². The Bertz CT molecular complexity index is 1550. The van der Waals surface area contributed by atoms with Gasteiger partial charge in [-0.25, -0.2) is 8.42 Å². The van der Waals surface area contributed by atoms with Crippen molar-refractivity contribution in [3.8, 4) is 0 Å². The van der Waals surface area contributed by atoms with Gasteiger partial charge in [-0.05, 0) is 43.4 Å². The molecule has 10 nitrogen and oxygen atoms in total. The molecular formula is C32H38N4O6S. The number of nitrogens with zero attached hydrogens (tertiary/aromatic N) is 3. The van der Waals surface area contributed by atoms with Crippen molar-refractivity contribution >= 4 is 33.2 Å². The maximum Gasteiger partial charge on any atom is 0.271 e. The Kier molecular flexibility index (Phi) is 10.2. The Balaban J connectivity index is 1.76. The number of hydrogen-bond donors (Lipinski definition) is 1. The van der Waals surface area contributed by atoms with Crippen LogP contribution in [0, 0.1) is 24.0 Å². The number of amides is 2. The van der Waals surface area contributed by atoms with Gasteiger partial charge in [0.1, 0.15) is 12.6 Å². The van der Waals surface area contributed by atoms with Crippen LogP contribution in [0.4, 0.5) is 11.4 Å². The van der Waals surface area contributed by atoms with Gasteiger partial charge in [-0.2, -0.15) is 0 Å². The number of rotatable bonds is 12. The minimum Gasteiger partial charge on any atom is -0.352 e. The van der Waals surface area contributed by atoms with Crippen molar-refractivity contribution in [1.29, 1.82) is 0 Å². The van der Waals surface area contributed by atoms with Crippen molar-refractivity contribution in [2.75, 3.05) is 17.1 Å². The molecule has 0 unspecified atom stereocenters. The Morgan fingerprint density at radius 2 is 1.63 bits per heavy atom. The first-order valence-corrected chi connectivity index (χ1v) is 16.2. The Morgan fingerprint density at radius 1 is 0.977 bits per heavy atom. The van der Waals surface area contributed by atoms with E-state index in [-0.39, 0.29) is 36.3 Å². The number of non-ortho nitro benzene ring substituents is 1. The summed E-state index contributed by atoms with van der Waals surface area (Å²) in [6, 6.07) is 19.9. The zero-order valence-electron chi connectivity index (χ0n) is 24.7. The number of carbonyl (C=O) groups excluding carboxylic acids is 2. The lowest BCUT2D eigenvalue weighted by molar-refractivity contribution is -0.384. The zero-order chi connectivity index (χ0) is 31.1. The molecule has 1 aliphatic carbocycles. The molecule has 0 aromatic heterocycles. The lowest BCUT2D eigenvalue weighted by Gasteiger charge is -2.34. The van der Waals surface area contributed by atoms with Crippen LogP contribution in [0.1, 0.15) is 47.9 Å². The van der Waals surface area contributed by atoms with Gasteiger partial charge in [0.2, 0.25) is 21.8 Å². The second-order valence-corrected chi connectivity index (χ2v) is 13.1. The summed E-state index contributed by atoms with van der Waals surface area (Å²) in [5, 5.41) is 14.6. The van der Waals surface area contributed by atoms with Gasteiger partial charge in [0.05, 0.1) is 16.9 Å². The number of benzene rings is 3. The van der Waals surface area contributed by atoms with Crippen LogP contribution < -0.4 is 9.62 Å². The molecule has 0 heterocycles. The first-order chi connectivity index (χ1) is 20.4.